The van der Waals surface area contributed by atoms with Gasteiger partial charge in [0.1, 0.15) is 6.04 Å². The molecule has 320 valence electrons. The van der Waals surface area contributed by atoms with Crippen molar-refractivity contribution >= 4 is 23.9 Å². The Morgan fingerprint density at radius 1 is 0.933 bits per heavy atom. The van der Waals surface area contributed by atoms with Crippen LogP contribution in [-0.2, 0) is 29.0 Å². The first-order valence-electron chi connectivity index (χ1n) is 20.7. The van der Waals surface area contributed by atoms with E-state index in [0.717, 1.165) is 33.8 Å². The van der Waals surface area contributed by atoms with Gasteiger partial charge in [-0.05, 0) is 60.1 Å². The number of carbonyl (C=O) groups excluding carboxylic acids is 3. The van der Waals surface area contributed by atoms with Crippen molar-refractivity contribution in [2.75, 3.05) is 32.7 Å². The number of carbonyl (C=O) groups is 4. The van der Waals surface area contributed by atoms with E-state index in [1.54, 1.807) is 34.9 Å². The maximum atomic E-state index is 14.5. The minimum atomic E-state index is -1.17. The summed E-state index contributed by atoms with van der Waals surface area (Å²) in [5.41, 5.74) is 7.56. The molecule has 0 aliphatic carbocycles. The second-order valence-electron chi connectivity index (χ2n) is 16.5. The molecule has 4 unspecified atom stereocenters. The van der Waals surface area contributed by atoms with Crippen LogP contribution in [0.5, 0.6) is 0 Å². The van der Waals surface area contributed by atoms with Crippen molar-refractivity contribution in [1.29, 1.82) is 0 Å². The highest BCUT2D eigenvalue weighted by Gasteiger charge is 2.41. The highest BCUT2D eigenvalue weighted by atomic mass is 16.4. The summed E-state index contributed by atoms with van der Waals surface area (Å²) < 4.78 is 0. The molecule has 0 saturated carbocycles. The monoisotopic (exact) mass is 820 g/mol. The van der Waals surface area contributed by atoms with Crippen molar-refractivity contribution in [3.05, 3.63) is 120 Å². The lowest BCUT2D eigenvalue weighted by Gasteiger charge is -2.35. The molecular weight excluding hydrogens is 761 g/mol. The number of rotatable bonds is 21. The van der Waals surface area contributed by atoms with Gasteiger partial charge in [-0.3, -0.25) is 25.0 Å². The second-order valence-corrected chi connectivity index (χ2v) is 16.5. The summed E-state index contributed by atoms with van der Waals surface area (Å²) >= 11 is 0. The fraction of sp³-hybridized carbons (Fsp3) is 0.435. The van der Waals surface area contributed by atoms with Crippen molar-refractivity contribution in [1.82, 2.24) is 40.8 Å². The van der Waals surface area contributed by atoms with E-state index in [9.17, 15) is 24.3 Å². The summed E-state index contributed by atoms with van der Waals surface area (Å²) in [7, 11) is 0. The average Bonchev–Trinajstić information content (AvgIpc) is 3.58. The van der Waals surface area contributed by atoms with Crippen molar-refractivity contribution in [3.8, 4) is 11.3 Å². The third-order valence-electron chi connectivity index (χ3n) is 10.9. The zero-order valence-corrected chi connectivity index (χ0v) is 35.4. The molecule has 2 aromatic heterocycles. The Labute approximate surface area is 353 Å². The van der Waals surface area contributed by atoms with E-state index >= 15 is 0 Å². The number of urea groups is 1. The quantitative estimate of drug-likeness (QED) is 0.0684. The van der Waals surface area contributed by atoms with E-state index in [1.165, 1.54) is 0 Å². The van der Waals surface area contributed by atoms with E-state index in [0.29, 0.717) is 38.9 Å². The number of aliphatic hydroxyl groups is 1. The Hall–Kier alpha value is -5.86. The van der Waals surface area contributed by atoms with Gasteiger partial charge in [-0.15, -0.1) is 0 Å². The summed E-state index contributed by atoms with van der Waals surface area (Å²) in [5.74, 6) is -0.890. The van der Waals surface area contributed by atoms with Crippen LogP contribution in [-0.4, -0.2) is 110 Å². The number of carboxylic acid groups (broad SMARTS) is 1. The molecule has 14 nitrogen and oxygen atoms in total. The van der Waals surface area contributed by atoms with Crippen LogP contribution in [0.3, 0.4) is 0 Å². The molecule has 0 radical (unpaired) electrons. The van der Waals surface area contributed by atoms with Gasteiger partial charge in [0.25, 0.3) is 0 Å². The summed E-state index contributed by atoms with van der Waals surface area (Å²) in [6.07, 6.45) is 0.930. The Bertz CT molecular complexity index is 2020. The molecule has 14 heteroatoms. The lowest BCUT2D eigenvalue weighted by Crippen LogP contribution is -2.58. The van der Waals surface area contributed by atoms with Gasteiger partial charge >= 0.3 is 12.1 Å². The molecule has 60 heavy (non-hydrogen) atoms. The molecule has 0 bridgehead atoms. The van der Waals surface area contributed by atoms with E-state index in [1.807, 2.05) is 112 Å². The van der Waals surface area contributed by atoms with Crippen molar-refractivity contribution in [3.63, 3.8) is 0 Å². The summed E-state index contributed by atoms with van der Waals surface area (Å²) in [6, 6.07) is 27.1. The predicted octanol–water partition coefficient (Wildman–Crippen LogP) is 5.45. The van der Waals surface area contributed by atoms with E-state index in [2.05, 4.69) is 26.0 Å². The molecule has 4 aromatic rings. The lowest BCUT2D eigenvalue weighted by atomic mass is 9.89. The maximum absolute atomic E-state index is 14.5. The van der Waals surface area contributed by atoms with E-state index in [4.69, 9.17) is 5.11 Å². The van der Waals surface area contributed by atoms with Gasteiger partial charge in [0.15, 0.2) is 0 Å². The zero-order valence-electron chi connectivity index (χ0n) is 35.4. The van der Waals surface area contributed by atoms with E-state index < -0.39 is 29.7 Å². The molecule has 5 amide bonds. The molecule has 5 N–H and O–H groups in total. The number of aryl methyl sites for hydroxylation is 1. The standard InChI is InChI=1S/C46H60N8O6/c1-6-32(2)42(54-26-25-52(45(54)60)24-22-37-16-12-13-33(3)49-37)43(57)50-39(27-34-14-8-7-9-15-34)40(55)30-53(51-41(56)28-46(4,5)31-48-44(58)59)29-35-18-20-36(21-19-35)38-17-10-11-23-47-38/h7-21,23,32,39-40,42,48,55H,6,22,24-31H2,1-5H3,(H,50,57)(H,51,56)(H,58,59). The second kappa shape index (κ2) is 21.4. The molecular formula is C46H60N8O6. The van der Waals surface area contributed by atoms with Crippen LogP contribution in [0.1, 0.15) is 63.1 Å². The Morgan fingerprint density at radius 2 is 1.67 bits per heavy atom. The summed E-state index contributed by atoms with van der Waals surface area (Å²) in [6.45, 7) is 11.1. The number of benzene rings is 2. The highest BCUT2D eigenvalue weighted by Crippen LogP contribution is 2.24. The molecule has 3 heterocycles. The summed E-state index contributed by atoms with van der Waals surface area (Å²) in [4.78, 5) is 65.6. The van der Waals surface area contributed by atoms with Crippen LogP contribution in [0.2, 0.25) is 0 Å². The number of aliphatic hydroxyl groups excluding tert-OH is 1. The van der Waals surface area contributed by atoms with Crippen LogP contribution in [0.4, 0.5) is 9.59 Å². The minimum absolute atomic E-state index is 0.00163. The van der Waals surface area contributed by atoms with Crippen LogP contribution in [0.15, 0.2) is 97.2 Å². The van der Waals surface area contributed by atoms with Gasteiger partial charge < -0.3 is 30.6 Å². The fourth-order valence-electron chi connectivity index (χ4n) is 7.47. The number of amides is 5. The van der Waals surface area contributed by atoms with Crippen LogP contribution < -0.4 is 16.1 Å². The van der Waals surface area contributed by atoms with Crippen LogP contribution >= 0.6 is 0 Å². The molecule has 1 saturated heterocycles. The van der Waals surface area contributed by atoms with Crippen molar-refractivity contribution in [2.45, 2.75) is 85.0 Å². The van der Waals surface area contributed by atoms with Gasteiger partial charge in [0, 0.05) is 75.3 Å². The van der Waals surface area contributed by atoms with Gasteiger partial charge in [-0.25, -0.2) is 14.6 Å². The molecule has 1 aliphatic rings. The zero-order chi connectivity index (χ0) is 43.2. The van der Waals surface area contributed by atoms with Gasteiger partial charge in [0.05, 0.1) is 17.8 Å². The Morgan fingerprint density at radius 3 is 2.33 bits per heavy atom. The topological polar surface area (TPSA) is 180 Å². The SMILES string of the molecule is CCC(C)C(C(=O)NC(Cc1ccccc1)C(O)CN(Cc1ccc(-c2ccccn2)cc1)NC(=O)CC(C)(C)CNC(=O)O)N1CCN(CCc2cccc(C)n2)C1=O. The smallest absolute Gasteiger partial charge is 0.404 e. The molecule has 2 aromatic carbocycles. The Balaban J connectivity index is 1.36. The molecule has 0 spiro atoms. The molecule has 1 fully saturated rings. The van der Waals surface area contributed by atoms with Gasteiger partial charge in [-0.2, -0.15) is 0 Å². The maximum Gasteiger partial charge on any atom is 0.404 e. The molecule has 1 aliphatic heterocycles. The average molecular weight is 821 g/mol. The van der Waals surface area contributed by atoms with Gasteiger partial charge in [0.2, 0.25) is 11.8 Å². The van der Waals surface area contributed by atoms with Crippen molar-refractivity contribution < 1.29 is 29.4 Å². The number of hydrazine groups is 1. The summed E-state index contributed by atoms with van der Waals surface area (Å²) in [5, 5.41) is 28.4. The highest BCUT2D eigenvalue weighted by molar-refractivity contribution is 5.88. The number of pyridine rings is 2. The number of hydrogen-bond acceptors (Lipinski definition) is 8. The predicted molar refractivity (Wildman–Crippen MR) is 230 cm³/mol. The normalized spacial score (nSPS) is 15.0. The third-order valence-corrected chi connectivity index (χ3v) is 10.9. The first-order chi connectivity index (χ1) is 28.7. The van der Waals surface area contributed by atoms with E-state index in [-0.39, 0.29) is 49.8 Å². The first kappa shape index (κ1) is 45.2. The third kappa shape index (κ3) is 13.3. The fourth-order valence-corrected chi connectivity index (χ4v) is 7.47. The minimum Gasteiger partial charge on any atom is -0.465 e. The van der Waals surface area contributed by atoms with Gasteiger partial charge in [-0.1, -0.05) is 101 Å². The lowest BCUT2D eigenvalue weighted by molar-refractivity contribution is -0.131. The first-order valence-corrected chi connectivity index (χ1v) is 20.7. The largest absolute Gasteiger partial charge is 0.465 e. The molecule has 5 rings (SSSR count). The Kier molecular flexibility index (Phi) is 16.1. The molecule has 4 atom stereocenters. The number of nitrogens with one attached hydrogen (secondary N) is 3. The number of aromatic nitrogens is 2. The van der Waals surface area contributed by atoms with Crippen molar-refractivity contribution in [2.24, 2.45) is 11.3 Å². The number of hydrogen-bond donors (Lipinski definition) is 5. The number of nitrogens with zero attached hydrogens (tertiary/aromatic N) is 5. The van der Waals surface area contributed by atoms with Crippen LogP contribution in [0.25, 0.3) is 11.3 Å². The van der Waals surface area contributed by atoms with Crippen LogP contribution in [0, 0.1) is 18.3 Å².